The molecule has 0 unspecified atom stereocenters. The molecule has 0 spiro atoms. The predicted molar refractivity (Wildman–Crippen MR) is 68.7 cm³/mol. The molecule has 0 atom stereocenters. The van der Waals surface area contributed by atoms with Crippen LogP contribution in [-0.4, -0.2) is 20.6 Å². The minimum absolute atomic E-state index is 0.322. The number of carboxylic acids is 1. The third-order valence-electron chi connectivity index (χ3n) is 3.98. The van der Waals surface area contributed by atoms with Crippen LogP contribution in [0.5, 0.6) is 0 Å². The van der Waals surface area contributed by atoms with E-state index in [1.807, 2.05) is 6.33 Å². The fourth-order valence-electron chi connectivity index (χ4n) is 2.67. The van der Waals surface area contributed by atoms with E-state index >= 15 is 0 Å². The number of imidazole rings is 1. The van der Waals surface area contributed by atoms with Crippen LogP contribution in [0.25, 0.3) is 11.0 Å². The molecular weight excluding hydrogens is 228 g/mol. The van der Waals surface area contributed by atoms with Crippen molar-refractivity contribution in [3.63, 3.8) is 0 Å². The van der Waals surface area contributed by atoms with E-state index in [0.29, 0.717) is 11.0 Å². The van der Waals surface area contributed by atoms with Crippen LogP contribution >= 0.6 is 0 Å². The predicted octanol–water partition coefficient (Wildman–Crippen LogP) is 2.92. The molecule has 0 aliphatic heterocycles. The molecule has 0 bridgehead atoms. The lowest BCUT2D eigenvalue weighted by molar-refractivity contribution is 0.0697. The highest BCUT2D eigenvalue weighted by molar-refractivity contribution is 5.92. The average Bonchev–Trinajstić information content (AvgIpc) is 2.69. The summed E-state index contributed by atoms with van der Waals surface area (Å²) in [7, 11) is 0. The van der Waals surface area contributed by atoms with Crippen LogP contribution in [0.2, 0.25) is 0 Å². The van der Waals surface area contributed by atoms with Gasteiger partial charge in [-0.3, -0.25) is 0 Å². The molecule has 4 heteroatoms. The molecule has 0 amide bonds. The Morgan fingerprint density at radius 1 is 1.50 bits per heavy atom. The Balaban J connectivity index is 2.01. The lowest BCUT2D eigenvalue weighted by Crippen LogP contribution is -2.30. The summed E-state index contributed by atoms with van der Waals surface area (Å²) in [5.41, 5.74) is 2.46. The highest BCUT2D eigenvalue weighted by Crippen LogP contribution is 2.42. The minimum atomic E-state index is -0.889. The topological polar surface area (TPSA) is 55.1 Å². The number of nitrogens with zero attached hydrogens (tertiary/aromatic N) is 2. The van der Waals surface area contributed by atoms with Crippen molar-refractivity contribution in [3.8, 4) is 0 Å². The lowest BCUT2D eigenvalue weighted by Gasteiger charge is -2.38. The molecule has 1 heterocycles. The van der Waals surface area contributed by atoms with E-state index < -0.39 is 5.97 Å². The van der Waals surface area contributed by atoms with Gasteiger partial charge in [0.2, 0.25) is 0 Å². The molecule has 1 saturated carbocycles. The van der Waals surface area contributed by atoms with Gasteiger partial charge in [0.25, 0.3) is 0 Å². The van der Waals surface area contributed by atoms with Crippen molar-refractivity contribution in [1.82, 2.24) is 9.55 Å². The third-order valence-corrected chi connectivity index (χ3v) is 3.98. The third kappa shape index (κ3) is 1.78. The summed E-state index contributed by atoms with van der Waals surface area (Å²) < 4.78 is 2.08. The van der Waals surface area contributed by atoms with Gasteiger partial charge in [-0.05, 0) is 36.5 Å². The minimum Gasteiger partial charge on any atom is -0.478 e. The fourth-order valence-corrected chi connectivity index (χ4v) is 2.67. The van der Waals surface area contributed by atoms with Gasteiger partial charge >= 0.3 is 5.97 Å². The van der Waals surface area contributed by atoms with Gasteiger partial charge in [0.05, 0.1) is 22.9 Å². The van der Waals surface area contributed by atoms with Gasteiger partial charge in [-0.15, -0.1) is 0 Å². The number of carbonyl (C=O) groups is 1. The normalized spacial score (nSPS) is 17.6. The van der Waals surface area contributed by atoms with Crippen LogP contribution in [0.1, 0.15) is 36.5 Å². The van der Waals surface area contributed by atoms with Crippen LogP contribution in [0, 0.1) is 5.41 Å². The van der Waals surface area contributed by atoms with Crippen molar-refractivity contribution in [1.29, 1.82) is 0 Å². The van der Waals surface area contributed by atoms with Crippen molar-refractivity contribution in [2.24, 2.45) is 5.41 Å². The van der Waals surface area contributed by atoms with Gasteiger partial charge in [0.1, 0.15) is 0 Å². The smallest absolute Gasteiger partial charge is 0.335 e. The Morgan fingerprint density at radius 3 is 2.89 bits per heavy atom. The number of rotatable bonds is 3. The monoisotopic (exact) mass is 244 g/mol. The summed E-state index contributed by atoms with van der Waals surface area (Å²) in [5, 5.41) is 9.03. The summed E-state index contributed by atoms with van der Waals surface area (Å²) in [4.78, 5) is 15.3. The van der Waals surface area contributed by atoms with Gasteiger partial charge in [-0.2, -0.15) is 0 Å². The second kappa shape index (κ2) is 3.83. The first-order valence-electron chi connectivity index (χ1n) is 6.26. The first kappa shape index (κ1) is 11.3. The van der Waals surface area contributed by atoms with Crippen LogP contribution in [0.4, 0.5) is 0 Å². The average molecular weight is 244 g/mol. The Labute approximate surface area is 105 Å². The van der Waals surface area contributed by atoms with E-state index in [9.17, 15) is 4.79 Å². The number of aromatic carboxylic acids is 1. The molecular formula is C14H16N2O2. The summed E-state index contributed by atoms with van der Waals surface area (Å²) in [6.45, 7) is 3.20. The molecule has 1 aromatic carbocycles. The maximum Gasteiger partial charge on any atom is 0.335 e. The summed E-state index contributed by atoms with van der Waals surface area (Å²) in [6, 6.07) is 5.10. The standard InChI is InChI=1S/C14H16N2O2/c1-14(5-2-6-14)8-16-9-15-11-4-3-10(13(17)18)7-12(11)16/h3-4,7,9H,2,5-6,8H2,1H3,(H,17,18). The first-order chi connectivity index (χ1) is 8.57. The number of hydrogen-bond donors (Lipinski definition) is 1. The zero-order valence-corrected chi connectivity index (χ0v) is 10.4. The fraction of sp³-hybridized carbons (Fsp3) is 0.429. The molecule has 1 fully saturated rings. The van der Waals surface area contributed by atoms with E-state index in [4.69, 9.17) is 5.11 Å². The molecule has 4 nitrogen and oxygen atoms in total. The Kier molecular flexibility index (Phi) is 2.40. The van der Waals surface area contributed by atoms with Crippen molar-refractivity contribution in [2.75, 3.05) is 0 Å². The van der Waals surface area contributed by atoms with Gasteiger partial charge in [-0.1, -0.05) is 13.3 Å². The van der Waals surface area contributed by atoms with E-state index in [1.54, 1.807) is 18.2 Å². The van der Waals surface area contributed by atoms with Gasteiger partial charge < -0.3 is 9.67 Å². The summed E-state index contributed by atoms with van der Waals surface area (Å²) >= 11 is 0. The second-order valence-electron chi connectivity index (χ2n) is 5.55. The largest absolute Gasteiger partial charge is 0.478 e. The number of aromatic nitrogens is 2. The zero-order chi connectivity index (χ0) is 12.8. The zero-order valence-electron chi connectivity index (χ0n) is 10.4. The molecule has 1 aliphatic carbocycles. The quantitative estimate of drug-likeness (QED) is 0.903. The maximum atomic E-state index is 11.0. The molecule has 94 valence electrons. The van der Waals surface area contributed by atoms with Crippen molar-refractivity contribution < 1.29 is 9.90 Å². The molecule has 1 aromatic heterocycles. The van der Waals surface area contributed by atoms with Crippen LogP contribution in [-0.2, 0) is 6.54 Å². The number of fused-ring (bicyclic) bond motifs is 1. The molecule has 2 aromatic rings. The lowest BCUT2D eigenvalue weighted by atomic mass is 9.70. The van der Waals surface area contributed by atoms with E-state index in [2.05, 4.69) is 16.5 Å². The van der Waals surface area contributed by atoms with E-state index in [1.165, 1.54) is 19.3 Å². The Hall–Kier alpha value is -1.84. The van der Waals surface area contributed by atoms with E-state index in [-0.39, 0.29) is 0 Å². The maximum absolute atomic E-state index is 11.0. The number of benzene rings is 1. The highest BCUT2D eigenvalue weighted by Gasteiger charge is 2.32. The van der Waals surface area contributed by atoms with Gasteiger partial charge in [-0.25, -0.2) is 9.78 Å². The van der Waals surface area contributed by atoms with Crippen molar-refractivity contribution in [3.05, 3.63) is 30.1 Å². The van der Waals surface area contributed by atoms with Crippen LogP contribution in [0.3, 0.4) is 0 Å². The Morgan fingerprint density at radius 2 is 2.28 bits per heavy atom. The van der Waals surface area contributed by atoms with E-state index in [0.717, 1.165) is 17.6 Å². The SMILES string of the molecule is CC1(Cn2cnc3ccc(C(=O)O)cc32)CCC1. The van der Waals surface area contributed by atoms with Gasteiger partial charge in [0, 0.05) is 6.54 Å². The summed E-state index contributed by atoms with van der Waals surface area (Å²) in [6.07, 6.45) is 5.60. The number of carboxylic acid groups (broad SMARTS) is 1. The van der Waals surface area contributed by atoms with Crippen molar-refractivity contribution in [2.45, 2.75) is 32.7 Å². The molecule has 1 N–H and O–H groups in total. The molecule has 0 radical (unpaired) electrons. The van der Waals surface area contributed by atoms with Crippen LogP contribution < -0.4 is 0 Å². The van der Waals surface area contributed by atoms with Crippen molar-refractivity contribution >= 4 is 17.0 Å². The van der Waals surface area contributed by atoms with Gasteiger partial charge in [0.15, 0.2) is 0 Å². The molecule has 0 saturated heterocycles. The highest BCUT2D eigenvalue weighted by atomic mass is 16.4. The first-order valence-corrected chi connectivity index (χ1v) is 6.26. The summed E-state index contributed by atoms with van der Waals surface area (Å²) in [5.74, 6) is -0.889. The second-order valence-corrected chi connectivity index (χ2v) is 5.55. The number of hydrogen-bond acceptors (Lipinski definition) is 2. The molecule has 18 heavy (non-hydrogen) atoms. The molecule has 1 aliphatic rings. The Bertz CT molecular complexity index is 611. The molecule has 3 rings (SSSR count). The van der Waals surface area contributed by atoms with Crippen LogP contribution in [0.15, 0.2) is 24.5 Å².